The molecule has 24 heavy (non-hydrogen) atoms. The van der Waals surface area contributed by atoms with E-state index in [2.05, 4.69) is 15.5 Å². The van der Waals surface area contributed by atoms with E-state index in [4.69, 9.17) is 11.6 Å². The standard InChI is InChI=1S/C14H12ClF3N4OS/c15-11-4-1-8(5-10(11)14(16,17)18)20-12(23)6-24-13-21-19-7-22(13)9-2-3-9/h1,4-5,7,9H,2-3,6H2,(H,20,23). The quantitative estimate of drug-likeness (QED) is 0.801. The highest BCUT2D eigenvalue weighted by atomic mass is 35.5. The van der Waals surface area contributed by atoms with Gasteiger partial charge in [0.05, 0.1) is 16.3 Å². The van der Waals surface area contributed by atoms with Crippen LogP contribution in [0, 0.1) is 0 Å². The van der Waals surface area contributed by atoms with Crippen molar-refractivity contribution in [3.05, 3.63) is 35.1 Å². The Kier molecular flexibility index (Phi) is 4.73. The van der Waals surface area contributed by atoms with Gasteiger partial charge in [0.15, 0.2) is 5.16 Å². The fourth-order valence-corrected chi connectivity index (χ4v) is 3.09. The van der Waals surface area contributed by atoms with Crippen molar-refractivity contribution in [2.24, 2.45) is 0 Å². The number of hydrogen-bond donors (Lipinski definition) is 1. The van der Waals surface area contributed by atoms with Crippen LogP contribution in [0.4, 0.5) is 18.9 Å². The topological polar surface area (TPSA) is 59.8 Å². The molecule has 0 atom stereocenters. The number of carbonyl (C=O) groups is 1. The Morgan fingerprint density at radius 2 is 2.17 bits per heavy atom. The number of thioether (sulfide) groups is 1. The van der Waals surface area contributed by atoms with E-state index in [1.54, 1.807) is 6.33 Å². The normalized spacial score (nSPS) is 14.7. The van der Waals surface area contributed by atoms with Gasteiger partial charge in [0.1, 0.15) is 6.33 Å². The summed E-state index contributed by atoms with van der Waals surface area (Å²) < 4.78 is 40.3. The SMILES string of the molecule is O=C(CSc1nncn1C1CC1)Nc1ccc(Cl)c(C(F)(F)F)c1. The highest BCUT2D eigenvalue weighted by molar-refractivity contribution is 7.99. The molecule has 1 aliphatic rings. The van der Waals surface area contributed by atoms with Gasteiger partial charge in [0.25, 0.3) is 0 Å². The van der Waals surface area contributed by atoms with Gasteiger partial charge in [-0.3, -0.25) is 4.79 Å². The lowest BCUT2D eigenvalue weighted by atomic mass is 10.2. The molecule has 1 aromatic heterocycles. The molecule has 5 nitrogen and oxygen atoms in total. The fourth-order valence-electron chi connectivity index (χ4n) is 2.09. The summed E-state index contributed by atoms with van der Waals surface area (Å²) in [5.41, 5.74) is -0.941. The zero-order valence-corrected chi connectivity index (χ0v) is 13.8. The van der Waals surface area contributed by atoms with E-state index in [0.29, 0.717) is 11.2 Å². The number of anilines is 1. The zero-order valence-electron chi connectivity index (χ0n) is 12.2. The van der Waals surface area contributed by atoms with Gasteiger partial charge in [-0.15, -0.1) is 10.2 Å². The van der Waals surface area contributed by atoms with Gasteiger partial charge >= 0.3 is 6.18 Å². The summed E-state index contributed by atoms with van der Waals surface area (Å²) >= 11 is 6.74. The molecule has 0 spiro atoms. The van der Waals surface area contributed by atoms with Crippen LogP contribution >= 0.6 is 23.4 Å². The number of aromatic nitrogens is 3. The minimum absolute atomic E-state index is 0.0232. The Bertz CT molecular complexity index is 761. The molecular weight excluding hydrogens is 365 g/mol. The molecular formula is C14H12ClF3N4OS. The maximum Gasteiger partial charge on any atom is 0.417 e. The summed E-state index contributed by atoms with van der Waals surface area (Å²) in [4.78, 5) is 11.9. The zero-order chi connectivity index (χ0) is 17.3. The van der Waals surface area contributed by atoms with Gasteiger partial charge in [-0.05, 0) is 31.0 Å². The molecule has 1 N–H and O–H groups in total. The van der Waals surface area contributed by atoms with Crippen LogP contribution in [0.15, 0.2) is 29.7 Å². The van der Waals surface area contributed by atoms with Crippen LogP contribution in [0.3, 0.4) is 0 Å². The molecule has 1 heterocycles. The van der Waals surface area contributed by atoms with E-state index < -0.39 is 22.7 Å². The van der Waals surface area contributed by atoms with E-state index in [1.165, 1.54) is 17.8 Å². The van der Waals surface area contributed by atoms with Crippen molar-refractivity contribution in [1.29, 1.82) is 0 Å². The first kappa shape index (κ1) is 17.1. The second-order valence-corrected chi connectivity index (χ2v) is 6.63. The van der Waals surface area contributed by atoms with Crippen molar-refractivity contribution in [1.82, 2.24) is 14.8 Å². The smallest absolute Gasteiger partial charge is 0.325 e. The van der Waals surface area contributed by atoms with Gasteiger partial charge in [-0.25, -0.2) is 0 Å². The molecule has 128 valence electrons. The highest BCUT2D eigenvalue weighted by Crippen LogP contribution is 2.38. The molecule has 10 heteroatoms. The van der Waals surface area contributed by atoms with Crippen LogP contribution in [0.5, 0.6) is 0 Å². The van der Waals surface area contributed by atoms with E-state index in [9.17, 15) is 18.0 Å². The molecule has 0 aliphatic heterocycles. The summed E-state index contributed by atoms with van der Waals surface area (Å²) in [5.74, 6) is -0.407. The van der Waals surface area contributed by atoms with Crippen molar-refractivity contribution in [2.45, 2.75) is 30.2 Å². The second kappa shape index (κ2) is 6.64. The van der Waals surface area contributed by atoms with Gasteiger partial charge in [0, 0.05) is 11.7 Å². The molecule has 1 fully saturated rings. The average molecular weight is 377 g/mol. The number of halogens is 4. The maximum absolute atomic E-state index is 12.8. The van der Waals surface area contributed by atoms with Crippen LogP contribution in [0.1, 0.15) is 24.4 Å². The maximum atomic E-state index is 12.8. The van der Waals surface area contributed by atoms with Crippen LogP contribution in [-0.2, 0) is 11.0 Å². The van der Waals surface area contributed by atoms with Crippen molar-refractivity contribution in [3.8, 4) is 0 Å². The van der Waals surface area contributed by atoms with Crippen molar-refractivity contribution < 1.29 is 18.0 Å². The van der Waals surface area contributed by atoms with E-state index in [1.807, 2.05) is 4.57 Å². The van der Waals surface area contributed by atoms with Gasteiger partial charge in [0.2, 0.25) is 5.91 Å². The monoisotopic (exact) mass is 376 g/mol. The average Bonchev–Trinajstić information content (AvgIpc) is 3.24. The highest BCUT2D eigenvalue weighted by Gasteiger charge is 2.33. The number of alkyl halides is 3. The van der Waals surface area contributed by atoms with E-state index >= 15 is 0 Å². The Hall–Kier alpha value is -1.74. The number of rotatable bonds is 5. The van der Waals surface area contributed by atoms with Gasteiger partial charge in [-0.2, -0.15) is 13.2 Å². The number of carbonyl (C=O) groups excluding carboxylic acids is 1. The van der Waals surface area contributed by atoms with Crippen molar-refractivity contribution in [2.75, 3.05) is 11.1 Å². The first-order valence-electron chi connectivity index (χ1n) is 7.03. The molecule has 0 saturated heterocycles. The van der Waals surface area contributed by atoms with Crippen molar-refractivity contribution >= 4 is 35.0 Å². The molecule has 1 aliphatic carbocycles. The summed E-state index contributed by atoms with van der Waals surface area (Å²) in [7, 11) is 0. The predicted molar refractivity (Wildman–Crippen MR) is 84.1 cm³/mol. The van der Waals surface area contributed by atoms with Crippen LogP contribution in [-0.4, -0.2) is 26.4 Å². The Balaban J connectivity index is 1.61. The van der Waals surface area contributed by atoms with Crippen LogP contribution < -0.4 is 5.32 Å². The Morgan fingerprint density at radius 3 is 2.83 bits per heavy atom. The lowest BCUT2D eigenvalue weighted by Crippen LogP contribution is -2.15. The lowest BCUT2D eigenvalue weighted by Gasteiger charge is -2.11. The molecule has 0 bridgehead atoms. The lowest BCUT2D eigenvalue weighted by molar-refractivity contribution is -0.137. The summed E-state index contributed by atoms with van der Waals surface area (Å²) in [6.07, 6.45) is -0.842. The summed E-state index contributed by atoms with van der Waals surface area (Å²) in [5, 5.41) is 10.4. The molecule has 1 amide bonds. The molecule has 3 rings (SSSR count). The number of nitrogens with zero attached hydrogens (tertiary/aromatic N) is 3. The molecule has 2 aromatic rings. The predicted octanol–water partition coefficient (Wildman–Crippen LogP) is 4.02. The fraction of sp³-hybridized carbons (Fsp3) is 0.357. The largest absolute Gasteiger partial charge is 0.417 e. The first-order chi connectivity index (χ1) is 11.3. The summed E-state index contributed by atoms with van der Waals surface area (Å²) in [6.45, 7) is 0. The molecule has 0 unspecified atom stereocenters. The third-order valence-electron chi connectivity index (χ3n) is 3.37. The second-order valence-electron chi connectivity index (χ2n) is 5.28. The Labute approximate surface area is 144 Å². The third-order valence-corrected chi connectivity index (χ3v) is 4.66. The minimum atomic E-state index is -4.58. The van der Waals surface area contributed by atoms with E-state index in [-0.39, 0.29) is 11.4 Å². The number of hydrogen-bond acceptors (Lipinski definition) is 4. The van der Waals surface area contributed by atoms with E-state index in [0.717, 1.165) is 25.0 Å². The Morgan fingerprint density at radius 1 is 1.42 bits per heavy atom. The van der Waals surface area contributed by atoms with Gasteiger partial charge in [-0.1, -0.05) is 23.4 Å². The number of nitrogens with one attached hydrogen (secondary N) is 1. The first-order valence-corrected chi connectivity index (χ1v) is 8.40. The molecule has 1 saturated carbocycles. The van der Waals surface area contributed by atoms with Crippen LogP contribution in [0.25, 0.3) is 0 Å². The molecule has 1 aromatic carbocycles. The van der Waals surface area contributed by atoms with Crippen LogP contribution in [0.2, 0.25) is 5.02 Å². The number of benzene rings is 1. The third kappa shape index (κ3) is 4.02. The summed E-state index contributed by atoms with van der Waals surface area (Å²) in [6, 6.07) is 3.64. The molecule has 0 radical (unpaired) electrons. The minimum Gasteiger partial charge on any atom is -0.325 e. The van der Waals surface area contributed by atoms with Crippen molar-refractivity contribution in [3.63, 3.8) is 0 Å². The number of amides is 1. The van der Waals surface area contributed by atoms with Gasteiger partial charge < -0.3 is 9.88 Å².